The molecule has 104 valence electrons. The molecule has 2 aliphatic carbocycles. The molecule has 1 N–H and O–H groups in total. The van der Waals surface area contributed by atoms with Gasteiger partial charge in [0.25, 0.3) is 0 Å². The minimum absolute atomic E-state index is 0.743. The molecule has 0 aliphatic heterocycles. The van der Waals surface area contributed by atoms with Crippen molar-refractivity contribution in [3.8, 4) is 0 Å². The van der Waals surface area contributed by atoms with Gasteiger partial charge in [0.2, 0.25) is 0 Å². The Balaban J connectivity index is 1.90. The molecule has 0 saturated heterocycles. The van der Waals surface area contributed by atoms with Crippen molar-refractivity contribution in [2.45, 2.75) is 25.7 Å². The van der Waals surface area contributed by atoms with E-state index in [9.17, 15) is 0 Å². The summed E-state index contributed by atoms with van der Waals surface area (Å²) in [6, 6.07) is 8.62. The Hall–Kier alpha value is -1.54. The monoisotopic (exact) mass is 267 g/mol. The average molecular weight is 267 g/mol. The van der Waals surface area contributed by atoms with E-state index in [4.69, 9.17) is 4.42 Å². The van der Waals surface area contributed by atoms with Crippen LogP contribution in [-0.4, -0.2) is 13.6 Å². The molecule has 2 unspecified atom stereocenters. The van der Waals surface area contributed by atoms with Crippen LogP contribution in [0.15, 0.2) is 40.5 Å². The van der Waals surface area contributed by atoms with Gasteiger partial charge in [-0.1, -0.05) is 23.8 Å². The quantitative estimate of drug-likeness (QED) is 0.900. The summed E-state index contributed by atoms with van der Waals surface area (Å²) in [4.78, 5) is 0. The minimum Gasteiger partial charge on any atom is -0.464 e. The van der Waals surface area contributed by atoms with Gasteiger partial charge in [-0.05, 0) is 56.2 Å². The number of allylic oxidation sites excluding steroid dienone is 1. The Morgan fingerprint density at radius 1 is 1.25 bits per heavy atom. The predicted octanol–water partition coefficient (Wildman–Crippen LogP) is 4.23. The zero-order chi connectivity index (χ0) is 13.5. The van der Waals surface area contributed by atoms with E-state index in [1.54, 1.807) is 11.1 Å². The van der Waals surface area contributed by atoms with Crippen molar-refractivity contribution >= 4 is 16.5 Å². The normalized spacial score (nSPS) is 25.6. The second-order valence-corrected chi connectivity index (χ2v) is 6.27. The van der Waals surface area contributed by atoms with Gasteiger partial charge in [0.1, 0.15) is 5.58 Å². The van der Waals surface area contributed by atoms with Gasteiger partial charge in [0.05, 0.1) is 6.26 Å². The summed E-state index contributed by atoms with van der Waals surface area (Å²) in [7, 11) is 2.05. The second-order valence-electron chi connectivity index (χ2n) is 6.27. The highest BCUT2D eigenvalue weighted by Crippen LogP contribution is 2.49. The third-order valence-corrected chi connectivity index (χ3v) is 5.02. The summed E-state index contributed by atoms with van der Waals surface area (Å²) in [5, 5.41) is 4.58. The maximum absolute atomic E-state index is 5.78. The lowest BCUT2D eigenvalue weighted by molar-refractivity contribution is 0.502. The Labute approximate surface area is 119 Å². The lowest BCUT2D eigenvalue weighted by Gasteiger charge is -2.27. The second kappa shape index (κ2) is 4.78. The van der Waals surface area contributed by atoms with Crippen LogP contribution in [0.5, 0.6) is 0 Å². The number of hydrogen-bond donors (Lipinski definition) is 1. The third-order valence-electron chi connectivity index (χ3n) is 5.02. The fourth-order valence-electron chi connectivity index (χ4n) is 4.27. The molecule has 2 aromatic rings. The SMILES string of the molecule is CNCC1=C(c2cccc3ccoc23)C2CCC(C1)C2. The molecule has 2 nitrogen and oxygen atoms in total. The first-order valence-electron chi connectivity index (χ1n) is 7.70. The van der Waals surface area contributed by atoms with Gasteiger partial charge in [-0.25, -0.2) is 0 Å². The summed E-state index contributed by atoms with van der Waals surface area (Å²) in [5.41, 5.74) is 5.59. The summed E-state index contributed by atoms with van der Waals surface area (Å²) in [6.07, 6.45) is 7.20. The van der Waals surface area contributed by atoms with E-state index in [0.29, 0.717) is 0 Å². The molecule has 1 aromatic carbocycles. The topological polar surface area (TPSA) is 25.2 Å². The molecule has 2 atom stereocenters. The summed E-state index contributed by atoms with van der Waals surface area (Å²) >= 11 is 0. The van der Waals surface area contributed by atoms with Gasteiger partial charge in [-0.2, -0.15) is 0 Å². The Morgan fingerprint density at radius 2 is 2.20 bits per heavy atom. The van der Waals surface area contributed by atoms with E-state index in [2.05, 4.69) is 36.6 Å². The van der Waals surface area contributed by atoms with Crippen molar-refractivity contribution < 1.29 is 4.42 Å². The molecule has 2 bridgehead atoms. The van der Waals surface area contributed by atoms with Crippen molar-refractivity contribution in [2.24, 2.45) is 11.8 Å². The molecule has 1 saturated carbocycles. The third kappa shape index (κ3) is 1.82. The van der Waals surface area contributed by atoms with E-state index in [0.717, 1.165) is 24.0 Å². The van der Waals surface area contributed by atoms with E-state index >= 15 is 0 Å². The first-order valence-corrected chi connectivity index (χ1v) is 7.70. The number of fused-ring (bicyclic) bond motifs is 3. The Bertz CT molecular complexity index is 667. The number of furan rings is 1. The van der Waals surface area contributed by atoms with Crippen LogP contribution in [0.25, 0.3) is 16.5 Å². The van der Waals surface area contributed by atoms with Crippen LogP contribution < -0.4 is 5.32 Å². The number of para-hydroxylation sites is 1. The van der Waals surface area contributed by atoms with Crippen LogP contribution in [0.3, 0.4) is 0 Å². The van der Waals surface area contributed by atoms with Crippen molar-refractivity contribution in [3.05, 3.63) is 41.7 Å². The largest absolute Gasteiger partial charge is 0.464 e. The van der Waals surface area contributed by atoms with E-state index < -0.39 is 0 Å². The maximum Gasteiger partial charge on any atom is 0.141 e. The fourth-order valence-corrected chi connectivity index (χ4v) is 4.27. The molecule has 2 heteroatoms. The summed E-state index contributed by atoms with van der Waals surface area (Å²) in [5.74, 6) is 1.66. The molecule has 1 fully saturated rings. The van der Waals surface area contributed by atoms with E-state index in [-0.39, 0.29) is 0 Å². The zero-order valence-corrected chi connectivity index (χ0v) is 12.0. The van der Waals surface area contributed by atoms with Gasteiger partial charge in [0, 0.05) is 17.5 Å². The number of benzene rings is 1. The van der Waals surface area contributed by atoms with Crippen LogP contribution in [0.2, 0.25) is 0 Å². The summed E-state index contributed by atoms with van der Waals surface area (Å²) < 4.78 is 5.78. The van der Waals surface area contributed by atoms with Crippen molar-refractivity contribution in [1.29, 1.82) is 0 Å². The molecule has 20 heavy (non-hydrogen) atoms. The predicted molar refractivity (Wildman–Crippen MR) is 82.5 cm³/mol. The number of nitrogens with one attached hydrogen (secondary N) is 1. The van der Waals surface area contributed by atoms with Gasteiger partial charge in [0.15, 0.2) is 0 Å². The lowest BCUT2D eigenvalue weighted by Crippen LogP contribution is -2.19. The van der Waals surface area contributed by atoms with Crippen LogP contribution >= 0.6 is 0 Å². The highest BCUT2D eigenvalue weighted by Gasteiger charge is 2.35. The molecule has 0 spiro atoms. The highest BCUT2D eigenvalue weighted by molar-refractivity contribution is 5.91. The number of rotatable bonds is 3. The van der Waals surface area contributed by atoms with E-state index in [1.807, 2.05) is 6.26 Å². The first-order chi connectivity index (χ1) is 9.86. The van der Waals surface area contributed by atoms with Crippen molar-refractivity contribution in [2.75, 3.05) is 13.6 Å². The fraction of sp³-hybridized carbons (Fsp3) is 0.444. The van der Waals surface area contributed by atoms with Crippen LogP contribution in [0, 0.1) is 11.8 Å². The van der Waals surface area contributed by atoms with Crippen molar-refractivity contribution in [1.82, 2.24) is 5.32 Å². The van der Waals surface area contributed by atoms with Crippen LogP contribution in [-0.2, 0) is 0 Å². The average Bonchev–Trinajstić information content (AvgIpc) is 3.07. The molecule has 1 heterocycles. The van der Waals surface area contributed by atoms with Gasteiger partial charge in [-0.15, -0.1) is 0 Å². The summed E-state index contributed by atoms with van der Waals surface area (Å²) in [6.45, 7) is 1.01. The minimum atomic E-state index is 0.743. The van der Waals surface area contributed by atoms with Crippen molar-refractivity contribution in [3.63, 3.8) is 0 Å². The number of hydrogen-bond acceptors (Lipinski definition) is 2. The maximum atomic E-state index is 5.78. The zero-order valence-electron chi connectivity index (χ0n) is 12.0. The Kier molecular flexibility index (Phi) is 2.92. The molecular formula is C18H21NO. The molecule has 2 aliphatic rings. The highest BCUT2D eigenvalue weighted by atomic mass is 16.3. The standard InChI is InChI=1S/C18H21NO/c1-19-11-15-10-12-5-6-14(9-12)17(15)16-4-2-3-13-7-8-20-18(13)16/h2-4,7-8,12,14,19H,5-6,9-11H2,1H3. The van der Waals surface area contributed by atoms with Crippen LogP contribution in [0.1, 0.15) is 31.2 Å². The molecular weight excluding hydrogens is 246 g/mol. The molecule has 0 amide bonds. The first kappa shape index (κ1) is 12.2. The molecule has 4 rings (SSSR count). The Morgan fingerprint density at radius 3 is 3.10 bits per heavy atom. The molecule has 1 aromatic heterocycles. The van der Waals surface area contributed by atoms with Crippen LogP contribution in [0.4, 0.5) is 0 Å². The number of likely N-dealkylation sites (N-methyl/N-ethyl adjacent to an activating group) is 1. The van der Waals surface area contributed by atoms with Gasteiger partial charge in [-0.3, -0.25) is 0 Å². The lowest BCUT2D eigenvalue weighted by atomic mass is 9.79. The smallest absolute Gasteiger partial charge is 0.141 e. The molecule has 0 radical (unpaired) electrons. The van der Waals surface area contributed by atoms with Gasteiger partial charge >= 0.3 is 0 Å². The van der Waals surface area contributed by atoms with E-state index in [1.165, 1.54) is 36.6 Å². The van der Waals surface area contributed by atoms with Gasteiger partial charge < -0.3 is 9.73 Å².